The normalized spacial score (nSPS) is 29.9. The minimum absolute atomic E-state index is 0.0412. The van der Waals surface area contributed by atoms with Crippen molar-refractivity contribution < 1.29 is 37.1 Å². The van der Waals surface area contributed by atoms with Gasteiger partial charge in [0.2, 0.25) is 23.6 Å². The Hall–Kier alpha value is -2.57. The number of rotatable bonds is 7. The molecule has 0 spiro atoms. The van der Waals surface area contributed by atoms with Gasteiger partial charge in [0.15, 0.2) is 0 Å². The maximum absolute atomic E-state index is 13.9. The second kappa shape index (κ2) is 10.4. The minimum Gasteiger partial charge on any atom is -0.356 e. The second-order valence-electron chi connectivity index (χ2n) is 13.2. The van der Waals surface area contributed by atoms with E-state index in [2.05, 4.69) is 16.1 Å². The molecule has 40 heavy (non-hydrogen) atoms. The third-order valence-corrected chi connectivity index (χ3v) is 9.07. The van der Waals surface area contributed by atoms with E-state index in [1.165, 1.54) is 4.90 Å². The summed E-state index contributed by atoms with van der Waals surface area (Å²) in [6.07, 6.45) is -0.796. The van der Waals surface area contributed by atoms with E-state index in [0.29, 0.717) is 18.0 Å². The summed E-state index contributed by atoms with van der Waals surface area (Å²) in [4.78, 5) is 66.2. The van der Waals surface area contributed by atoms with E-state index >= 15 is 0 Å². The van der Waals surface area contributed by atoms with Gasteiger partial charge in [0.1, 0.15) is 12.1 Å². The van der Waals surface area contributed by atoms with Crippen LogP contribution < -0.4 is 16.1 Å². The Morgan fingerprint density at radius 2 is 1.80 bits per heavy atom. The molecule has 0 aromatic rings. The number of nitrogens with one attached hydrogen (secondary N) is 3. The summed E-state index contributed by atoms with van der Waals surface area (Å²) in [5, 5.41) is 5.95. The van der Waals surface area contributed by atoms with E-state index < -0.39 is 77.4 Å². The first kappa shape index (κ1) is 30.4. The van der Waals surface area contributed by atoms with Gasteiger partial charge < -0.3 is 15.5 Å². The van der Waals surface area contributed by atoms with Gasteiger partial charge in [-0.25, -0.2) is 18.2 Å². The number of likely N-dealkylation sites (tertiary alicyclic amines) is 1. The Labute approximate surface area is 236 Å². The van der Waals surface area contributed by atoms with Crippen LogP contribution in [0.15, 0.2) is 0 Å². The highest BCUT2D eigenvalue weighted by Crippen LogP contribution is 2.65. The molecule has 0 radical (unpaired) electrons. The number of fused-ring (bicyclic) bond motifs is 1. The molecule has 14 heteroatoms. The van der Waals surface area contributed by atoms with E-state index in [0.717, 1.165) is 0 Å². The van der Waals surface area contributed by atoms with Gasteiger partial charge >= 0.3 is 0 Å². The molecule has 2 aliphatic carbocycles. The number of halogens is 4. The second-order valence-corrected chi connectivity index (χ2v) is 13.5. The summed E-state index contributed by atoms with van der Waals surface area (Å²) in [5.74, 6) is -8.33. The first-order valence-electron chi connectivity index (χ1n) is 13.5. The predicted octanol–water partition coefficient (Wildman–Crippen LogP) is 1.58. The predicted molar refractivity (Wildman–Crippen MR) is 137 cm³/mol. The molecule has 224 valence electrons. The summed E-state index contributed by atoms with van der Waals surface area (Å²) in [5.41, 5.74) is -1.17. The fourth-order valence-corrected chi connectivity index (χ4v) is 6.40. The van der Waals surface area contributed by atoms with Crippen molar-refractivity contribution in [2.75, 3.05) is 19.6 Å². The molecule has 4 fully saturated rings. The number of nitrogens with zero attached hydrogens (tertiary/aromatic N) is 2. The van der Waals surface area contributed by atoms with Crippen LogP contribution in [0.4, 0.5) is 13.2 Å². The van der Waals surface area contributed by atoms with Gasteiger partial charge in [-0.15, -0.1) is 0 Å². The molecular formula is C26H37ClF3N5O5. The lowest BCUT2D eigenvalue weighted by atomic mass is 9.79. The average molecular weight is 592 g/mol. The first-order valence-corrected chi connectivity index (χ1v) is 13.9. The van der Waals surface area contributed by atoms with Crippen molar-refractivity contribution in [2.45, 2.75) is 77.5 Å². The Kier molecular flexibility index (Phi) is 7.87. The third kappa shape index (κ3) is 5.75. The number of carbonyl (C=O) groups excluding carboxylic acids is 5. The van der Waals surface area contributed by atoms with E-state index in [-0.39, 0.29) is 36.2 Å². The zero-order chi connectivity index (χ0) is 29.9. The molecule has 0 unspecified atom stereocenters. The zero-order valence-electron chi connectivity index (χ0n) is 23.2. The molecule has 4 rings (SSSR count). The third-order valence-electron chi connectivity index (χ3n) is 8.88. The number of carbonyl (C=O) groups is 5. The minimum atomic E-state index is -2.90. The van der Waals surface area contributed by atoms with Gasteiger partial charge in [-0.05, 0) is 29.1 Å². The Morgan fingerprint density at radius 3 is 2.30 bits per heavy atom. The van der Waals surface area contributed by atoms with E-state index in [1.54, 1.807) is 20.8 Å². The molecule has 2 saturated carbocycles. The van der Waals surface area contributed by atoms with Crippen molar-refractivity contribution in [3.63, 3.8) is 0 Å². The number of alkyl halides is 4. The number of hydrazine groups is 1. The lowest BCUT2D eigenvalue weighted by molar-refractivity contribution is -0.156. The Balaban J connectivity index is 1.54. The van der Waals surface area contributed by atoms with E-state index in [1.807, 2.05) is 13.8 Å². The van der Waals surface area contributed by atoms with Crippen molar-refractivity contribution in [3.05, 3.63) is 0 Å². The van der Waals surface area contributed by atoms with Crippen LogP contribution in [0, 0.1) is 34.5 Å². The van der Waals surface area contributed by atoms with Crippen LogP contribution in [0.2, 0.25) is 0 Å². The molecule has 4 aliphatic rings. The molecule has 0 aromatic carbocycles. The van der Waals surface area contributed by atoms with Gasteiger partial charge in [0.05, 0.1) is 12.5 Å². The summed E-state index contributed by atoms with van der Waals surface area (Å²) >= 11 is 5.39. The summed E-state index contributed by atoms with van der Waals surface area (Å²) in [6.45, 7) is 9.34. The van der Waals surface area contributed by atoms with Crippen LogP contribution in [-0.4, -0.2) is 82.7 Å². The summed E-state index contributed by atoms with van der Waals surface area (Å²) in [6, 6.07) is -2.16. The lowest BCUT2D eigenvalue weighted by Crippen LogP contribution is -2.62. The Bertz CT molecular complexity index is 1090. The largest absolute Gasteiger partial charge is 0.356 e. The van der Waals surface area contributed by atoms with Crippen LogP contribution in [-0.2, 0) is 24.0 Å². The van der Waals surface area contributed by atoms with Gasteiger partial charge in [0, 0.05) is 31.8 Å². The molecule has 6 atom stereocenters. The molecule has 3 N–H and O–H groups in total. The SMILES string of the molecule is CC(C)(C)[C@H](NC(=O)C1CC(F)(F)C1)C(=O)N1C[C@H]2[C@@H]([C@H]1C(=O)NN(C[C@@H]1CCNC1=O)C(=O)[C@H](F)Cl)C2(C)C. The first-order chi connectivity index (χ1) is 18.3. The fraction of sp³-hybridized carbons (Fsp3) is 0.808. The molecular weight excluding hydrogens is 555 g/mol. The van der Waals surface area contributed by atoms with Gasteiger partial charge in [0.25, 0.3) is 17.4 Å². The number of hydrogen-bond donors (Lipinski definition) is 3. The van der Waals surface area contributed by atoms with E-state index in [4.69, 9.17) is 11.6 Å². The van der Waals surface area contributed by atoms with Crippen LogP contribution in [0.25, 0.3) is 0 Å². The van der Waals surface area contributed by atoms with Crippen LogP contribution in [0.3, 0.4) is 0 Å². The molecule has 0 aromatic heterocycles. The highest BCUT2D eigenvalue weighted by molar-refractivity contribution is 6.29. The van der Waals surface area contributed by atoms with Crippen molar-refractivity contribution in [2.24, 2.45) is 34.5 Å². The molecule has 5 amide bonds. The molecule has 2 aliphatic heterocycles. The molecule has 0 bridgehead atoms. The molecule has 10 nitrogen and oxygen atoms in total. The van der Waals surface area contributed by atoms with Gasteiger partial charge in [-0.1, -0.05) is 46.2 Å². The maximum Gasteiger partial charge on any atom is 0.291 e. The fourth-order valence-electron chi connectivity index (χ4n) is 6.28. The van der Waals surface area contributed by atoms with Crippen molar-refractivity contribution in [1.29, 1.82) is 0 Å². The van der Waals surface area contributed by atoms with Crippen LogP contribution in [0.1, 0.15) is 53.9 Å². The lowest BCUT2D eigenvalue weighted by Gasteiger charge is -2.40. The monoisotopic (exact) mass is 591 g/mol. The quantitative estimate of drug-likeness (QED) is 0.306. The topological polar surface area (TPSA) is 128 Å². The van der Waals surface area contributed by atoms with Gasteiger partial charge in [-0.3, -0.25) is 29.4 Å². The van der Waals surface area contributed by atoms with Crippen LogP contribution >= 0.6 is 11.6 Å². The van der Waals surface area contributed by atoms with Gasteiger partial charge in [-0.2, -0.15) is 0 Å². The van der Waals surface area contributed by atoms with E-state index in [9.17, 15) is 37.1 Å². The highest BCUT2D eigenvalue weighted by atomic mass is 35.5. The standard InChI is InChI=1S/C26H37ClF3N5O5/c1-24(2,3)17(32-20(37)13-8-26(29,30)9-13)22(39)34-11-14-15(25(14,4)5)16(34)21(38)33-35(23(40)18(27)28)10-12-6-7-31-19(12)36/h12-18H,6-11H2,1-5H3,(H,31,36)(H,32,37)(H,33,38)/t12-,14-,15-,16-,17+,18-/m0/s1. The smallest absolute Gasteiger partial charge is 0.291 e. The summed E-state index contributed by atoms with van der Waals surface area (Å²) in [7, 11) is 0. The number of amides is 5. The average Bonchev–Trinajstić information content (AvgIpc) is 3.17. The summed E-state index contributed by atoms with van der Waals surface area (Å²) < 4.78 is 40.6. The number of hydrogen-bond acceptors (Lipinski definition) is 5. The Morgan fingerprint density at radius 1 is 1.18 bits per heavy atom. The maximum atomic E-state index is 13.9. The number of piperidine rings is 1. The van der Waals surface area contributed by atoms with Crippen LogP contribution in [0.5, 0.6) is 0 Å². The zero-order valence-corrected chi connectivity index (χ0v) is 24.0. The molecule has 2 saturated heterocycles. The van der Waals surface area contributed by atoms with Crippen molar-refractivity contribution in [3.8, 4) is 0 Å². The molecule has 2 heterocycles. The van der Waals surface area contributed by atoms with Crippen molar-refractivity contribution in [1.82, 2.24) is 26.0 Å². The highest BCUT2D eigenvalue weighted by Gasteiger charge is 2.70. The van der Waals surface area contributed by atoms with Crippen molar-refractivity contribution >= 4 is 41.1 Å².